The van der Waals surface area contributed by atoms with E-state index < -0.39 is 0 Å². The van der Waals surface area contributed by atoms with E-state index in [1.54, 1.807) is 12.1 Å². The van der Waals surface area contributed by atoms with Crippen molar-refractivity contribution in [2.75, 3.05) is 0 Å². The van der Waals surface area contributed by atoms with Crippen LogP contribution >= 0.6 is 15.9 Å². The van der Waals surface area contributed by atoms with Crippen LogP contribution < -0.4 is 5.56 Å². The Morgan fingerprint density at radius 1 is 1.50 bits per heavy atom. The summed E-state index contributed by atoms with van der Waals surface area (Å²) in [4.78, 5) is 26.0. The van der Waals surface area contributed by atoms with Gasteiger partial charge in [-0.15, -0.1) is 0 Å². The Morgan fingerprint density at radius 2 is 2.29 bits per heavy atom. The van der Waals surface area contributed by atoms with E-state index in [9.17, 15) is 9.59 Å². The van der Waals surface area contributed by atoms with Crippen LogP contribution in [0, 0.1) is 0 Å². The van der Waals surface area contributed by atoms with Crippen LogP contribution in [0.2, 0.25) is 0 Å². The molecule has 0 fully saturated rings. The molecular formula is C9H5BrN2O2. The highest BCUT2D eigenvalue weighted by molar-refractivity contribution is 9.10. The summed E-state index contributed by atoms with van der Waals surface area (Å²) in [6.45, 7) is 0. The molecule has 2 heterocycles. The average molecular weight is 253 g/mol. The number of pyridine rings is 1. The van der Waals surface area contributed by atoms with Crippen molar-refractivity contribution in [1.29, 1.82) is 0 Å². The van der Waals surface area contributed by atoms with Crippen molar-refractivity contribution in [2.24, 2.45) is 0 Å². The lowest BCUT2D eigenvalue weighted by atomic mass is 10.3. The molecular weight excluding hydrogens is 248 g/mol. The minimum absolute atomic E-state index is 0.188. The molecule has 2 aromatic rings. The summed E-state index contributed by atoms with van der Waals surface area (Å²) >= 11 is 3.09. The number of hydrogen-bond acceptors (Lipinski definition) is 3. The molecule has 5 heteroatoms. The second-order valence-electron chi connectivity index (χ2n) is 2.72. The molecule has 0 radical (unpaired) electrons. The van der Waals surface area contributed by atoms with Crippen LogP contribution in [0.15, 0.2) is 33.8 Å². The fourth-order valence-electron chi connectivity index (χ4n) is 1.14. The molecule has 70 valence electrons. The predicted molar refractivity (Wildman–Crippen MR) is 54.5 cm³/mol. The highest BCUT2D eigenvalue weighted by Crippen LogP contribution is 2.04. The van der Waals surface area contributed by atoms with Crippen LogP contribution in [0.3, 0.4) is 0 Å². The molecule has 0 unspecified atom stereocenters. The first-order valence-electron chi connectivity index (χ1n) is 3.84. The van der Waals surface area contributed by atoms with Crippen LogP contribution in [0.25, 0.3) is 5.65 Å². The molecule has 0 atom stereocenters. The summed E-state index contributed by atoms with van der Waals surface area (Å²) in [5.41, 5.74) is 0.773. The molecule has 4 nitrogen and oxygen atoms in total. The predicted octanol–water partition coefficient (Wildman–Crippen LogP) is 1.27. The zero-order chi connectivity index (χ0) is 10.1. The van der Waals surface area contributed by atoms with E-state index in [2.05, 4.69) is 20.9 Å². The van der Waals surface area contributed by atoms with Gasteiger partial charge in [0.05, 0.1) is 0 Å². The van der Waals surface area contributed by atoms with Crippen LogP contribution in [0.1, 0.15) is 10.4 Å². The molecule has 0 aliphatic heterocycles. The molecule has 2 aromatic heterocycles. The number of aldehydes is 1. The largest absolute Gasteiger partial charge is 0.298 e. The van der Waals surface area contributed by atoms with Crippen molar-refractivity contribution in [3.05, 3.63) is 44.9 Å². The minimum atomic E-state index is -0.188. The zero-order valence-electron chi connectivity index (χ0n) is 6.98. The Kier molecular flexibility index (Phi) is 2.17. The van der Waals surface area contributed by atoms with Gasteiger partial charge in [0.15, 0.2) is 0 Å². The first-order chi connectivity index (χ1) is 6.72. The Labute approximate surface area is 87.3 Å². The summed E-state index contributed by atoms with van der Waals surface area (Å²) in [7, 11) is 0. The summed E-state index contributed by atoms with van der Waals surface area (Å²) in [5.74, 6) is 0. The Morgan fingerprint density at radius 3 is 3.00 bits per heavy atom. The zero-order valence-corrected chi connectivity index (χ0v) is 8.56. The highest BCUT2D eigenvalue weighted by atomic mass is 79.9. The van der Waals surface area contributed by atoms with E-state index in [0.29, 0.717) is 22.0 Å². The first kappa shape index (κ1) is 9.08. The van der Waals surface area contributed by atoms with Crippen molar-refractivity contribution < 1.29 is 4.79 Å². The number of hydrogen-bond donors (Lipinski definition) is 0. The van der Waals surface area contributed by atoms with Gasteiger partial charge < -0.3 is 0 Å². The van der Waals surface area contributed by atoms with Gasteiger partial charge >= 0.3 is 0 Å². The smallest absolute Gasteiger partial charge is 0.272 e. The lowest BCUT2D eigenvalue weighted by Crippen LogP contribution is -2.14. The molecule has 0 N–H and O–H groups in total. The molecule has 0 bridgehead atoms. The maximum atomic E-state index is 11.5. The van der Waals surface area contributed by atoms with Gasteiger partial charge in [0.25, 0.3) is 5.56 Å². The second-order valence-corrected chi connectivity index (χ2v) is 3.57. The van der Waals surface area contributed by atoms with E-state index in [4.69, 9.17) is 0 Å². The van der Waals surface area contributed by atoms with Crippen LogP contribution in [0.5, 0.6) is 0 Å². The molecule has 2 rings (SSSR count). The molecule has 0 aliphatic rings. The molecule has 0 amide bonds. The maximum absolute atomic E-state index is 11.5. The molecule has 0 spiro atoms. The quantitative estimate of drug-likeness (QED) is 0.719. The Balaban J connectivity index is 2.88. The van der Waals surface area contributed by atoms with Gasteiger partial charge in [0.2, 0.25) is 0 Å². The van der Waals surface area contributed by atoms with Gasteiger partial charge in [-0.1, -0.05) is 0 Å². The summed E-state index contributed by atoms with van der Waals surface area (Å²) in [6, 6.07) is 3.12. The van der Waals surface area contributed by atoms with Crippen molar-refractivity contribution >= 4 is 27.9 Å². The minimum Gasteiger partial charge on any atom is -0.298 e. The van der Waals surface area contributed by atoms with Gasteiger partial charge in [0.1, 0.15) is 16.4 Å². The second kappa shape index (κ2) is 3.34. The summed E-state index contributed by atoms with van der Waals surface area (Å²) in [6.07, 6.45) is 3.67. The molecule has 0 aromatic carbocycles. The number of nitrogens with zero attached hydrogens (tertiary/aromatic N) is 2. The van der Waals surface area contributed by atoms with Crippen LogP contribution in [-0.2, 0) is 0 Å². The van der Waals surface area contributed by atoms with Crippen LogP contribution in [-0.4, -0.2) is 15.7 Å². The lowest BCUT2D eigenvalue weighted by Gasteiger charge is -1.99. The van der Waals surface area contributed by atoms with Crippen molar-refractivity contribution in [1.82, 2.24) is 9.38 Å². The highest BCUT2D eigenvalue weighted by Gasteiger charge is 2.01. The van der Waals surface area contributed by atoms with Crippen molar-refractivity contribution in [3.8, 4) is 0 Å². The molecule has 0 saturated carbocycles. The Bertz CT molecular complexity index is 562. The van der Waals surface area contributed by atoms with E-state index in [1.807, 2.05) is 0 Å². The number of fused-ring (bicyclic) bond motifs is 1. The monoisotopic (exact) mass is 252 g/mol. The fourth-order valence-corrected chi connectivity index (χ4v) is 1.43. The van der Waals surface area contributed by atoms with E-state index in [0.717, 1.165) is 0 Å². The molecule has 0 aliphatic carbocycles. The van der Waals surface area contributed by atoms with Gasteiger partial charge in [-0.3, -0.25) is 14.0 Å². The average Bonchev–Trinajstić information content (AvgIpc) is 2.23. The number of aromatic nitrogens is 2. The van der Waals surface area contributed by atoms with Crippen molar-refractivity contribution in [2.45, 2.75) is 0 Å². The lowest BCUT2D eigenvalue weighted by molar-refractivity contribution is 0.112. The third kappa shape index (κ3) is 1.35. The standard InChI is InChI=1S/C9H5BrN2O2/c10-7-4-11-8-3-6(5-13)1-2-12(8)9(7)14/h1-5H. The number of carbonyl (C=O) groups is 1. The number of carbonyl (C=O) groups excluding carboxylic acids is 1. The van der Waals surface area contributed by atoms with E-state index >= 15 is 0 Å². The fraction of sp³-hybridized carbons (Fsp3) is 0. The maximum Gasteiger partial charge on any atom is 0.272 e. The van der Waals surface area contributed by atoms with Gasteiger partial charge in [-0.2, -0.15) is 0 Å². The summed E-state index contributed by atoms with van der Waals surface area (Å²) in [5, 5.41) is 0. The normalized spacial score (nSPS) is 10.4. The Hall–Kier alpha value is -1.49. The summed E-state index contributed by atoms with van der Waals surface area (Å²) < 4.78 is 1.77. The van der Waals surface area contributed by atoms with Gasteiger partial charge in [-0.25, -0.2) is 4.98 Å². The van der Waals surface area contributed by atoms with Gasteiger partial charge in [0, 0.05) is 18.0 Å². The topological polar surface area (TPSA) is 51.4 Å². The first-order valence-corrected chi connectivity index (χ1v) is 4.64. The van der Waals surface area contributed by atoms with Gasteiger partial charge in [-0.05, 0) is 28.1 Å². The van der Waals surface area contributed by atoms with E-state index in [1.165, 1.54) is 16.8 Å². The number of halogens is 1. The third-order valence-corrected chi connectivity index (χ3v) is 2.37. The number of rotatable bonds is 1. The SMILES string of the molecule is O=Cc1ccn2c(=O)c(Br)cnc2c1. The molecule has 0 saturated heterocycles. The van der Waals surface area contributed by atoms with E-state index in [-0.39, 0.29) is 5.56 Å². The third-order valence-electron chi connectivity index (χ3n) is 1.83. The van der Waals surface area contributed by atoms with Crippen molar-refractivity contribution in [3.63, 3.8) is 0 Å². The van der Waals surface area contributed by atoms with Crippen LogP contribution in [0.4, 0.5) is 0 Å². The molecule has 14 heavy (non-hydrogen) atoms.